The number of likely N-dealkylation sites (N-methyl/N-ethyl adjacent to an activating group) is 1. The summed E-state index contributed by atoms with van der Waals surface area (Å²) in [5.74, 6) is -0.214. The van der Waals surface area contributed by atoms with Crippen LogP contribution < -0.4 is 5.32 Å². The fraction of sp³-hybridized carbons (Fsp3) is 0.625. The molecule has 4 heteroatoms. The third-order valence-corrected chi connectivity index (χ3v) is 4.72. The van der Waals surface area contributed by atoms with E-state index in [0.29, 0.717) is 4.47 Å². The van der Waals surface area contributed by atoms with Gasteiger partial charge in [0.15, 0.2) is 0 Å². The highest BCUT2D eigenvalue weighted by atomic mass is 79.9. The largest absolute Gasteiger partial charge is 0.374 e. The Balaban J connectivity index is 2.13. The topological polar surface area (TPSA) is 21.3 Å². The van der Waals surface area contributed by atoms with Gasteiger partial charge in [-0.05, 0) is 72.8 Å². The summed E-state index contributed by atoms with van der Waals surface area (Å²) >= 11 is 3.26. The van der Waals surface area contributed by atoms with Crippen LogP contribution in [0.15, 0.2) is 22.7 Å². The van der Waals surface area contributed by atoms with Crippen molar-refractivity contribution >= 4 is 15.9 Å². The van der Waals surface area contributed by atoms with Crippen molar-refractivity contribution in [2.24, 2.45) is 0 Å². The Morgan fingerprint density at radius 1 is 1.45 bits per heavy atom. The highest BCUT2D eigenvalue weighted by Crippen LogP contribution is 2.30. The zero-order valence-corrected chi connectivity index (χ0v) is 13.8. The third-order valence-electron chi connectivity index (χ3n) is 4.11. The molecule has 2 rings (SSSR count). The van der Waals surface area contributed by atoms with Gasteiger partial charge in [0.1, 0.15) is 5.82 Å². The smallest absolute Gasteiger partial charge is 0.137 e. The molecule has 112 valence electrons. The van der Waals surface area contributed by atoms with Gasteiger partial charge in [0.25, 0.3) is 0 Å². The van der Waals surface area contributed by atoms with Gasteiger partial charge in [-0.1, -0.05) is 13.0 Å². The number of hydrogen-bond donors (Lipinski definition) is 1. The zero-order valence-electron chi connectivity index (χ0n) is 12.2. The molecule has 1 aromatic carbocycles. The van der Waals surface area contributed by atoms with Crippen LogP contribution in [-0.2, 0) is 11.2 Å². The van der Waals surface area contributed by atoms with Crippen LogP contribution in [0.2, 0.25) is 0 Å². The Bertz CT molecular complexity index is 446. The van der Waals surface area contributed by atoms with Crippen LogP contribution in [0, 0.1) is 5.82 Å². The first-order valence-corrected chi connectivity index (χ1v) is 8.16. The van der Waals surface area contributed by atoms with E-state index in [1.54, 1.807) is 0 Å². The lowest BCUT2D eigenvalue weighted by Gasteiger charge is -2.41. The number of benzene rings is 1. The molecule has 0 aliphatic carbocycles. The summed E-state index contributed by atoms with van der Waals surface area (Å²) < 4.78 is 19.9. The van der Waals surface area contributed by atoms with Gasteiger partial charge in [-0.15, -0.1) is 0 Å². The average Bonchev–Trinajstić information content (AvgIpc) is 2.43. The Labute approximate surface area is 129 Å². The molecule has 1 aliphatic heterocycles. The van der Waals surface area contributed by atoms with Crippen molar-refractivity contribution in [3.05, 3.63) is 34.1 Å². The molecule has 1 aliphatic rings. The Kier molecular flexibility index (Phi) is 5.58. The predicted molar refractivity (Wildman–Crippen MR) is 83.5 cm³/mol. The van der Waals surface area contributed by atoms with E-state index < -0.39 is 0 Å². The molecule has 1 aromatic rings. The van der Waals surface area contributed by atoms with Gasteiger partial charge in [0, 0.05) is 12.6 Å². The zero-order chi connectivity index (χ0) is 14.6. The van der Waals surface area contributed by atoms with Crippen molar-refractivity contribution in [1.82, 2.24) is 5.32 Å². The van der Waals surface area contributed by atoms with Gasteiger partial charge in [0.05, 0.1) is 10.1 Å². The molecule has 0 radical (unpaired) electrons. The molecule has 0 spiro atoms. The van der Waals surface area contributed by atoms with Gasteiger partial charge in [-0.2, -0.15) is 0 Å². The highest BCUT2D eigenvalue weighted by molar-refractivity contribution is 9.10. The lowest BCUT2D eigenvalue weighted by Crippen LogP contribution is -2.53. The van der Waals surface area contributed by atoms with Gasteiger partial charge < -0.3 is 10.1 Å². The van der Waals surface area contributed by atoms with E-state index in [0.717, 1.165) is 38.0 Å². The molecule has 0 amide bonds. The molecule has 2 unspecified atom stereocenters. The molecule has 1 fully saturated rings. The SMILES string of the molecule is CCNC(Cc1ccc(F)c(Br)c1)C1(C)CCCCO1. The van der Waals surface area contributed by atoms with Crippen LogP contribution in [-0.4, -0.2) is 24.8 Å². The number of nitrogens with one attached hydrogen (secondary N) is 1. The number of halogens is 2. The van der Waals surface area contributed by atoms with Gasteiger partial charge in [-0.25, -0.2) is 4.39 Å². The Morgan fingerprint density at radius 2 is 2.25 bits per heavy atom. The molecule has 0 aromatic heterocycles. The maximum Gasteiger partial charge on any atom is 0.137 e. The lowest BCUT2D eigenvalue weighted by molar-refractivity contribution is -0.0881. The van der Waals surface area contributed by atoms with E-state index >= 15 is 0 Å². The average molecular weight is 344 g/mol. The molecule has 0 bridgehead atoms. The molecule has 1 heterocycles. The van der Waals surface area contributed by atoms with E-state index in [-0.39, 0.29) is 17.5 Å². The van der Waals surface area contributed by atoms with Crippen molar-refractivity contribution in [2.45, 2.75) is 51.2 Å². The van der Waals surface area contributed by atoms with Gasteiger partial charge >= 0.3 is 0 Å². The lowest BCUT2D eigenvalue weighted by atomic mass is 9.84. The maximum absolute atomic E-state index is 13.3. The first-order chi connectivity index (χ1) is 9.55. The molecule has 1 N–H and O–H groups in total. The number of rotatable bonds is 5. The standard InChI is InChI=1S/C16H23BrFNO/c1-3-19-15(16(2)8-4-5-9-20-16)11-12-6-7-14(18)13(17)10-12/h6-7,10,15,19H,3-5,8-9,11H2,1-2H3. The Morgan fingerprint density at radius 3 is 2.85 bits per heavy atom. The second-order valence-electron chi connectivity index (χ2n) is 5.68. The van der Waals surface area contributed by atoms with Crippen molar-refractivity contribution in [2.75, 3.05) is 13.2 Å². The summed E-state index contributed by atoms with van der Waals surface area (Å²) in [4.78, 5) is 0. The Hall–Kier alpha value is -0.450. The number of hydrogen-bond acceptors (Lipinski definition) is 2. The minimum atomic E-state index is -0.214. The molecule has 1 saturated heterocycles. The fourth-order valence-electron chi connectivity index (χ4n) is 2.88. The first kappa shape index (κ1) is 15.9. The van der Waals surface area contributed by atoms with Crippen molar-refractivity contribution in [1.29, 1.82) is 0 Å². The predicted octanol–water partition coefficient (Wildman–Crippen LogP) is 4.07. The highest BCUT2D eigenvalue weighted by Gasteiger charge is 2.36. The monoisotopic (exact) mass is 343 g/mol. The summed E-state index contributed by atoms with van der Waals surface area (Å²) in [6, 6.07) is 5.50. The second-order valence-corrected chi connectivity index (χ2v) is 6.54. The summed E-state index contributed by atoms with van der Waals surface area (Å²) in [5.41, 5.74) is 0.995. The van der Waals surface area contributed by atoms with Crippen molar-refractivity contribution in [3.8, 4) is 0 Å². The minimum absolute atomic E-state index is 0.130. The fourth-order valence-corrected chi connectivity index (χ4v) is 3.31. The van der Waals surface area contributed by atoms with Crippen LogP contribution in [0.5, 0.6) is 0 Å². The van der Waals surface area contributed by atoms with Crippen LogP contribution >= 0.6 is 15.9 Å². The second kappa shape index (κ2) is 7.01. The van der Waals surface area contributed by atoms with E-state index in [9.17, 15) is 4.39 Å². The van der Waals surface area contributed by atoms with Gasteiger partial charge in [-0.3, -0.25) is 0 Å². The van der Waals surface area contributed by atoms with Crippen LogP contribution in [0.25, 0.3) is 0 Å². The van der Waals surface area contributed by atoms with E-state index in [1.165, 1.54) is 12.5 Å². The summed E-state index contributed by atoms with van der Waals surface area (Å²) in [7, 11) is 0. The molecular weight excluding hydrogens is 321 g/mol. The van der Waals surface area contributed by atoms with Crippen LogP contribution in [0.4, 0.5) is 4.39 Å². The van der Waals surface area contributed by atoms with E-state index in [4.69, 9.17) is 4.74 Å². The first-order valence-electron chi connectivity index (χ1n) is 7.36. The van der Waals surface area contributed by atoms with Crippen molar-refractivity contribution in [3.63, 3.8) is 0 Å². The van der Waals surface area contributed by atoms with Gasteiger partial charge in [0.2, 0.25) is 0 Å². The van der Waals surface area contributed by atoms with E-state index in [2.05, 4.69) is 35.1 Å². The summed E-state index contributed by atoms with van der Waals surface area (Å²) in [6.45, 7) is 6.05. The molecule has 20 heavy (non-hydrogen) atoms. The van der Waals surface area contributed by atoms with Crippen molar-refractivity contribution < 1.29 is 9.13 Å². The quantitative estimate of drug-likeness (QED) is 0.870. The number of ether oxygens (including phenoxy) is 1. The van der Waals surface area contributed by atoms with E-state index in [1.807, 2.05) is 12.1 Å². The molecule has 0 saturated carbocycles. The minimum Gasteiger partial charge on any atom is -0.374 e. The maximum atomic E-state index is 13.3. The molecule has 2 nitrogen and oxygen atoms in total. The molecule has 2 atom stereocenters. The van der Waals surface area contributed by atoms with Crippen LogP contribution in [0.1, 0.15) is 38.7 Å². The molecular formula is C16H23BrFNO. The van der Waals surface area contributed by atoms with Crippen LogP contribution in [0.3, 0.4) is 0 Å². The normalized spacial score (nSPS) is 24.6. The third kappa shape index (κ3) is 3.80. The summed E-state index contributed by atoms with van der Waals surface area (Å²) in [6.07, 6.45) is 4.29. The summed E-state index contributed by atoms with van der Waals surface area (Å²) in [5, 5.41) is 3.54.